The van der Waals surface area contributed by atoms with Crippen molar-refractivity contribution < 1.29 is 9.53 Å². The van der Waals surface area contributed by atoms with Gasteiger partial charge in [-0.25, -0.2) is 14.8 Å². The number of halogens is 1. The molecule has 0 bridgehead atoms. The summed E-state index contributed by atoms with van der Waals surface area (Å²) in [5.41, 5.74) is -0.468. The lowest BCUT2D eigenvalue weighted by Gasteiger charge is -2.24. The fourth-order valence-corrected chi connectivity index (χ4v) is 2.06. The van der Waals surface area contributed by atoms with Gasteiger partial charge < -0.3 is 15.0 Å². The Morgan fingerprint density at radius 2 is 2.20 bits per heavy atom. The fourth-order valence-electron chi connectivity index (χ4n) is 1.97. The molecular formula is C13H19ClN4O2. The minimum absolute atomic E-state index is 0.151. The van der Waals surface area contributed by atoms with E-state index in [0.717, 1.165) is 6.42 Å². The average molecular weight is 299 g/mol. The van der Waals surface area contributed by atoms with Crippen molar-refractivity contribution in [3.63, 3.8) is 0 Å². The third-order valence-electron chi connectivity index (χ3n) is 2.81. The average Bonchev–Trinajstić information content (AvgIpc) is 2.79. The summed E-state index contributed by atoms with van der Waals surface area (Å²) in [5, 5.41) is 3.59. The summed E-state index contributed by atoms with van der Waals surface area (Å²) in [6.45, 7) is 6.85. The van der Waals surface area contributed by atoms with Gasteiger partial charge in [0.1, 0.15) is 16.6 Å². The summed E-state index contributed by atoms with van der Waals surface area (Å²) in [7, 11) is 0. The van der Waals surface area contributed by atoms with Crippen LogP contribution in [0, 0.1) is 0 Å². The van der Waals surface area contributed by atoms with Gasteiger partial charge in [0, 0.05) is 19.1 Å². The van der Waals surface area contributed by atoms with Crippen LogP contribution in [-0.2, 0) is 4.74 Å². The maximum absolute atomic E-state index is 11.9. The molecule has 1 fully saturated rings. The van der Waals surface area contributed by atoms with Crippen molar-refractivity contribution in [3.05, 3.63) is 17.5 Å². The molecule has 0 spiro atoms. The molecule has 1 N–H and O–H groups in total. The SMILES string of the molecule is CC(C)(C)OC(=O)N1CC[C@@H](Nc2cnc(Cl)cn2)C1. The normalized spacial score (nSPS) is 19.0. The zero-order chi connectivity index (χ0) is 14.8. The van der Waals surface area contributed by atoms with Crippen LogP contribution in [0.25, 0.3) is 0 Å². The molecule has 1 amide bonds. The Morgan fingerprint density at radius 3 is 2.80 bits per heavy atom. The third-order valence-corrected chi connectivity index (χ3v) is 3.01. The number of aromatic nitrogens is 2. The minimum atomic E-state index is -0.468. The molecule has 2 rings (SSSR count). The number of nitrogens with one attached hydrogen (secondary N) is 1. The molecule has 1 aromatic heterocycles. The van der Waals surface area contributed by atoms with Gasteiger partial charge in [0.05, 0.1) is 12.4 Å². The highest BCUT2D eigenvalue weighted by Gasteiger charge is 2.29. The molecule has 1 aliphatic rings. The molecule has 0 radical (unpaired) electrons. The predicted octanol–water partition coefficient (Wildman–Crippen LogP) is 2.55. The van der Waals surface area contributed by atoms with Crippen LogP contribution in [0.1, 0.15) is 27.2 Å². The van der Waals surface area contributed by atoms with Crippen LogP contribution in [0.15, 0.2) is 12.4 Å². The minimum Gasteiger partial charge on any atom is -0.444 e. The van der Waals surface area contributed by atoms with E-state index in [9.17, 15) is 4.79 Å². The molecule has 1 aliphatic heterocycles. The molecule has 110 valence electrons. The van der Waals surface area contributed by atoms with Crippen LogP contribution >= 0.6 is 11.6 Å². The van der Waals surface area contributed by atoms with Gasteiger partial charge in [-0.1, -0.05) is 11.6 Å². The first-order chi connectivity index (χ1) is 9.33. The molecule has 0 aromatic carbocycles. The van der Waals surface area contributed by atoms with Crippen molar-refractivity contribution >= 4 is 23.5 Å². The number of carbonyl (C=O) groups is 1. The first kappa shape index (κ1) is 14.8. The highest BCUT2D eigenvalue weighted by Crippen LogP contribution is 2.17. The van der Waals surface area contributed by atoms with Crippen LogP contribution in [-0.4, -0.2) is 45.7 Å². The lowest BCUT2D eigenvalue weighted by atomic mass is 10.2. The van der Waals surface area contributed by atoms with Gasteiger partial charge in [0.25, 0.3) is 0 Å². The smallest absolute Gasteiger partial charge is 0.410 e. The second-order valence-electron chi connectivity index (χ2n) is 5.78. The van der Waals surface area contributed by atoms with E-state index in [-0.39, 0.29) is 12.1 Å². The van der Waals surface area contributed by atoms with Gasteiger partial charge >= 0.3 is 6.09 Å². The van der Waals surface area contributed by atoms with E-state index in [4.69, 9.17) is 16.3 Å². The first-order valence-electron chi connectivity index (χ1n) is 6.55. The van der Waals surface area contributed by atoms with Gasteiger partial charge in [-0.2, -0.15) is 0 Å². The van der Waals surface area contributed by atoms with Gasteiger partial charge in [-0.15, -0.1) is 0 Å². The molecule has 0 saturated carbocycles. The summed E-state index contributed by atoms with van der Waals surface area (Å²) < 4.78 is 5.35. The second-order valence-corrected chi connectivity index (χ2v) is 6.17. The third kappa shape index (κ3) is 4.23. The Kier molecular flexibility index (Phi) is 4.32. The predicted molar refractivity (Wildman–Crippen MR) is 76.9 cm³/mol. The summed E-state index contributed by atoms with van der Waals surface area (Å²) in [5.74, 6) is 0.658. The number of carbonyl (C=O) groups excluding carboxylic acids is 1. The first-order valence-corrected chi connectivity index (χ1v) is 6.93. The standard InChI is InChI=1S/C13H19ClN4O2/c1-13(2,3)20-12(19)18-5-4-9(8-18)17-11-7-15-10(14)6-16-11/h6-7,9H,4-5,8H2,1-3H3,(H,16,17)/t9-/m1/s1. The number of rotatable bonds is 2. The number of nitrogens with zero attached hydrogens (tertiary/aromatic N) is 3. The monoisotopic (exact) mass is 298 g/mol. The zero-order valence-electron chi connectivity index (χ0n) is 11.9. The Labute approximate surface area is 123 Å². The number of likely N-dealkylation sites (tertiary alicyclic amines) is 1. The molecule has 20 heavy (non-hydrogen) atoms. The maximum atomic E-state index is 11.9. The molecule has 1 aromatic rings. The van der Waals surface area contributed by atoms with Crippen LogP contribution in [0.3, 0.4) is 0 Å². The Balaban J connectivity index is 1.86. The van der Waals surface area contributed by atoms with Crippen molar-refractivity contribution in [3.8, 4) is 0 Å². The zero-order valence-corrected chi connectivity index (χ0v) is 12.6. The van der Waals surface area contributed by atoms with Gasteiger partial charge in [0.2, 0.25) is 0 Å². The summed E-state index contributed by atoms with van der Waals surface area (Å²) in [4.78, 5) is 21.7. The maximum Gasteiger partial charge on any atom is 0.410 e. The number of hydrogen-bond donors (Lipinski definition) is 1. The van der Waals surface area contributed by atoms with E-state index in [1.165, 1.54) is 6.20 Å². The van der Waals surface area contributed by atoms with Crippen molar-refractivity contribution in [2.45, 2.75) is 38.8 Å². The van der Waals surface area contributed by atoms with Crippen molar-refractivity contribution in [1.82, 2.24) is 14.9 Å². The molecule has 0 aliphatic carbocycles. The van der Waals surface area contributed by atoms with E-state index >= 15 is 0 Å². The van der Waals surface area contributed by atoms with E-state index < -0.39 is 5.60 Å². The Bertz CT molecular complexity index is 472. The van der Waals surface area contributed by atoms with Crippen LogP contribution in [0.4, 0.5) is 10.6 Å². The lowest BCUT2D eigenvalue weighted by molar-refractivity contribution is 0.0293. The van der Waals surface area contributed by atoms with Gasteiger partial charge in [-0.3, -0.25) is 0 Å². The molecule has 2 heterocycles. The van der Waals surface area contributed by atoms with E-state index in [2.05, 4.69) is 15.3 Å². The van der Waals surface area contributed by atoms with Crippen LogP contribution in [0.5, 0.6) is 0 Å². The highest BCUT2D eigenvalue weighted by atomic mass is 35.5. The topological polar surface area (TPSA) is 67.3 Å². The molecule has 1 saturated heterocycles. The highest BCUT2D eigenvalue weighted by molar-refractivity contribution is 6.29. The number of ether oxygens (including phenoxy) is 1. The van der Waals surface area contributed by atoms with E-state index in [1.54, 1.807) is 11.1 Å². The summed E-state index contributed by atoms with van der Waals surface area (Å²) in [6.07, 6.45) is 3.65. The van der Waals surface area contributed by atoms with Crippen molar-refractivity contribution in [2.75, 3.05) is 18.4 Å². The lowest BCUT2D eigenvalue weighted by Crippen LogP contribution is -2.36. The Morgan fingerprint density at radius 1 is 1.45 bits per heavy atom. The molecule has 0 unspecified atom stereocenters. The van der Waals surface area contributed by atoms with Crippen LogP contribution < -0.4 is 5.32 Å². The second kappa shape index (κ2) is 5.83. The van der Waals surface area contributed by atoms with Gasteiger partial charge in [-0.05, 0) is 27.2 Å². The number of amides is 1. The molecular weight excluding hydrogens is 280 g/mol. The summed E-state index contributed by atoms with van der Waals surface area (Å²) >= 11 is 5.68. The van der Waals surface area contributed by atoms with Crippen molar-refractivity contribution in [2.24, 2.45) is 0 Å². The molecule has 1 atom stereocenters. The number of anilines is 1. The van der Waals surface area contributed by atoms with E-state index in [0.29, 0.717) is 24.1 Å². The molecule has 6 nitrogen and oxygen atoms in total. The quantitative estimate of drug-likeness (QED) is 0.909. The Hall–Kier alpha value is -1.56. The van der Waals surface area contributed by atoms with Gasteiger partial charge in [0.15, 0.2) is 0 Å². The molecule has 7 heteroatoms. The number of hydrogen-bond acceptors (Lipinski definition) is 5. The largest absolute Gasteiger partial charge is 0.444 e. The van der Waals surface area contributed by atoms with Crippen molar-refractivity contribution in [1.29, 1.82) is 0 Å². The summed E-state index contributed by atoms with van der Waals surface area (Å²) in [6, 6.07) is 0.151. The van der Waals surface area contributed by atoms with Crippen LogP contribution in [0.2, 0.25) is 5.15 Å². The van der Waals surface area contributed by atoms with E-state index in [1.807, 2.05) is 20.8 Å². The fraction of sp³-hybridized carbons (Fsp3) is 0.615.